The Morgan fingerprint density at radius 1 is 0.875 bits per heavy atom. The fourth-order valence-electron chi connectivity index (χ4n) is 4.02. The first kappa shape index (κ1) is 30.9. The lowest BCUT2D eigenvalue weighted by Gasteiger charge is -2.23. The molecule has 0 aliphatic rings. The lowest BCUT2D eigenvalue weighted by Crippen LogP contribution is -2.47. The second-order valence-corrected chi connectivity index (χ2v) is 11.7. The van der Waals surface area contributed by atoms with E-state index in [1.807, 2.05) is 72.8 Å². The molecule has 0 bridgehead atoms. The fraction of sp³-hybridized carbons (Fsp3) is 0.375. The fourth-order valence-corrected chi connectivity index (χ4v) is 5.07. The quantitative estimate of drug-likeness (QED) is 0.283. The zero-order valence-electron chi connectivity index (χ0n) is 23.5. The number of amides is 1. The zero-order valence-corrected chi connectivity index (χ0v) is 24.3. The van der Waals surface area contributed by atoms with Crippen molar-refractivity contribution in [3.05, 3.63) is 83.9 Å². The number of rotatable bonds is 13. The highest BCUT2D eigenvalue weighted by Crippen LogP contribution is 2.20. The average Bonchev–Trinajstić information content (AvgIpc) is 2.91. The van der Waals surface area contributed by atoms with Crippen molar-refractivity contribution in [3.63, 3.8) is 0 Å². The monoisotopic (exact) mass is 563 g/mol. The number of esters is 2. The molecule has 40 heavy (non-hydrogen) atoms. The van der Waals surface area contributed by atoms with Gasteiger partial charge >= 0.3 is 11.9 Å². The van der Waals surface area contributed by atoms with E-state index >= 15 is 0 Å². The van der Waals surface area contributed by atoms with Crippen molar-refractivity contribution in [1.29, 1.82) is 0 Å². The lowest BCUT2D eigenvalue weighted by atomic mass is 10.0. The van der Waals surface area contributed by atoms with E-state index in [9.17, 15) is 19.2 Å². The van der Waals surface area contributed by atoms with Crippen LogP contribution in [0.4, 0.5) is 0 Å². The van der Waals surface area contributed by atoms with Crippen LogP contribution in [0.15, 0.2) is 72.8 Å². The average molecular weight is 564 g/mol. The van der Waals surface area contributed by atoms with E-state index in [0.29, 0.717) is 5.75 Å². The Morgan fingerprint density at radius 3 is 2.27 bits per heavy atom. The maximum Gasteiger partial charge on any atom is 0.310 e. The van der Waals surface area contributed by atoms with E-state index in [-0.39, 0.29) is 18.7 Å². The van der Waals surface area contributed by atoms with Crippen molar-refractivity contribution < 1.29 is 28.7 Å². The first-order valence-electron chi connectivity index (χ1n) is 13.3. The molecule has 212 valence electrons. The van der Waals surface area contributed by atoms with Gasteiger partial charge in [0.2, 0.25) is 5.91 Å². The molecule has 0 aliphatic carbocycles. The van der Waals surface area contributed by atoms with Crippen LogP contribution in [0.25, 0.3) is 10.8 Å². The van der Waals surface area contributed by atoms with E-state index < -0.39 is 41.9 Å². The molecular weight excluding hydrogens is 526 g/mol. The van der Waals surface area contributed by atoms with Crippen LogP contribution in [0.2, 0.25) is 0 Å². The number of thioether (sulfide) groups is 1. The van der Waals surface area contributed by atoms with E-state index in [1.165, 1.54) is 0 Å². The van der Waals surface area contributed by atoms with Crippen LogP contribution in [-0.4, -0.2) is 47.6 Å². The SMILES string of the molecule is CC(CSCc1ccccc1)C(=O)NC(CC(=O)OC(C)(C)C)C(=O)COC(=O)Cc1cccc2ccccc12. The van der Waals surface area contributed by atoms with Crippen molar-refractivity contribution in [1.82, 2.24) is 5.32 Å². The summed E-state index contributed by atoms with van der Waals surface area (Å²) >= 11 is 1.61. The number of carbonyl (C=O) groups is 4. The van der Waals surface area contributed by atoms with Gasteiger partial charge in [0.1, 0.15) is 11.6 Å². The first-order valence-corrected chi connectivity index (χ1v) is 14.5. The smallest absolute Gasteiger partial charge is 0.310 e. The van der Waals surface area contributed by atoms with Gasteiger partial charge in [-0.15, -0.1) is 0 Å². The number of carbonyl (C=O) groups excluding carboxylic acids is 4. The standard InChI is InChI=1S/C32H37NO6S/c1-22(20-40-21-23-11-6-5-7-12-23)31(37)33-27(18-30(36)39-32(2,3)4)28(34)19-38-29(35)17-25-15-10-14-24-13-8-9-16-26(24)25/h5-16,22,27H,17-21H2,1-4H3,(H,33,37). The van der Waals surface area contributed by atoms with Crippen LogP contribution in [0, 0.1) is 5.92 Å². The summed E-state index contributed by atoms with van der Waals surface area (Å²) in [5.41, 5.74) is 1.19. The van der Waals surface area contributed by atoms with Gasteiger partial charge in [0.05, 0.1) is 12.8 Å². The Morgan fingerprint density at radius 2 is 1.55 bits per heavy atom. The summed E-state index contributed by atoms with van der Waals surface area (Å²) in [5.74, 6) is -1.24. The van der Waals surface area contributed by atoms with Crippen molar-refractivity contribution in [2.75, 3.05) is 12.4 Å². The molecule has 0 radical (unpaired) electrons. The Kier molecular flexibility index (Phi) is 11.3. The summed E-state index contributed by atoms with van der Waals surface area (Å²) in [6.07, 6.45) is -0.361. The Balaban J connectivity index is 1.58. The minimum absolute atomic E-state index is 0.00655. The van der Waals surface area contributed by atoms with Crippen molar-refractivity contribution in [2.24, 2.45) is 5.92 Å². The minimum Gasteiger partial charge on any atom is -0.460 e. The number of hydrogen-bond donors (Lipinski definition) is 1. The van der Waals surface area contributed by atoms with E-state index in [1.54, 1.807) is 39.5 Å². The molecule has 0 fully saturated rings. The highest BCUT2D eigenvalue weighted by atomic mass is 32.2. The molecule has 1 N–H and O–H groups in total. The van der Waals surface area contributed by atoms with Gasteiger partial charge in [-0.3, -0.25) is 19.2 Å². The second-order valence-electron chi connectivity index (χ2n) is 10.7. The number of ketones is 1. The van der Waals surface area contributed by atoms with Crippen LogP contribution in [0.5, 0.6) is 0 Å². The molecule has 8 heteroatoms. The third-order valence-electron chi connectivity index (χ3n) is 6.01. The van der Waals surface area contributed by atoms with E-state index in [0.717, 1.165) is 27.7 Å². The number of benzene rings is 3. The molecular formula is C32H37NO6S. The van der Waals surface area contributed by atoms with Crippen LogP contribution in [0.1, 0.15) is 45.2 Å². The predicted molar refractivity (Wildman–Crippen MR) is 158 cm³/mol. The summed E-state index contributed by atoms with van der Waals surface area (Å²) in [4.78, 5) is 51.1. The van der Waals surface area contributed by atoms with Crippen LogP contribution >= 0.6 is 11.8 Å². The topological polar surface area (TPSA) is 98.8 Å². The van der Waals surface area contributed by atoms with Crippen LogP contribution < -0.4 is 5.32 Å². The Hall–Kier alpha value is -3.65. The summed E-state index contributed by atoms with van der Waals surface area (Å²) in [6.45, 7) is 6.38. The molecule has 7 nitrogen and oxygen atoms in total. The molecule has 0 saturated heterocycles. The highest BCUT2D eigenvalue weighted by molar-refractivity contribution is 7.98. The van der Waals surface area contributed by atoms with Gasteiger partial charge in [-0.25, -0.2) is 0 Å². The summed E-state index contributed by atoms with van der Waals surface area (Å²) in [5, 5.41) is 4.62. The van der Waals surface area contributed by atoms with E-state index in [2.05, 4.69) is 5.32 Å². The molecule has 0 aliphatic heterocycles. The molecule has 0 heterocycles. The first-order chi connectivity index (χ1) is 19.0. The second kappa shape index (κ2) is 14.7. The Bertz CT molecular complexity index is 1310. The Labute approximate surface area is 240 Å². The molecule has 3 rings (SSSR count). The van der Waals surface area contributed by atoms with Gasteiger partial charge < -0.3 is 14.8 Å². The summed E-state index contributed by atoms with van der Waals surface area (Å²) in [7, 11) is 0. The van der Waals surface area contributed by atoms with Crippen molar-refractivity contribution in [2.45, 2.75) is 57.9 Å². The largest absolute Gasteiger partial charge is 0.460 e. The number of hydrogen-bond acceptors (Lipinski definition) is 7. The van der Waals surface area contributed by atoms with Gasteiger partial charge in [-0.05, 0) is 42.7 Å². The van der Waals surface area contributed by atoms with Gasteiger partial charge in [-0.1, -0.05) is 79.7 Å². The summed E-state index contributed by atoms with van der Waals surface area (Å²) < 4.78 is 10.6. The van der Waals surface area contributed by atoms with Crippen LogP contribution in [-0.2, 0) is 40.8 Å². The van der Waals surface area contributed by atoms with Gasteiger partial charge in [0, 0.05) is 17.4 Å². The molecule has 1 amide bonds. The highest BCUT2D eigenvalue weighted by Gasteiger charge is 2.29. The number of nitrogens with one attached hydrogen (secondary N) is 1. The zero-order chi connectivity index (χ0) is 29.1. The molecule has 3 aromatic carbocycles. The molecule has 2 atom stereocenters. The molecule has 0 aromatic heterocycles. The van der Waals surface area contributed by atoms with Gasteiger partial charge in [0.15, 0.2) is 12.4 Å². The van der Waals surface area contributed by atoms with E-state index in [4.69, 9.17) is 9.47 Å². The number of fused-ring (bicyclic) bond motifs is 1. The maximum atomic E-state index is 13.1. The van der Waals surface area contributed by atoms with Gasteiger partial charge in [-0.2, -0.15) is 11.8 Å². The number of ether oxygens (including phenoxy) is 2. The maximum absolute atomic E-state index is 13.1. The van der Waals surface area contributed by atoms with Crippen molar-refractivity contribution >= 4 is 46.2 Å². The number of Topliss-reactive ketones (excluding diaryl/α,β-unsaturated/α-hetero) is 1. The predicted octanol–water partition coefficient (Wildman–Crippen LogP) is 5.28. The lowest BCUT2D eigenvalue weighted by molar-refractivity contribution is -0.157. The minimum atomic E-state index is -1.17. The van der Waals surface area contributed by atoms with Gasteiger partial charge in [0.25, 0.3) is 0 Å². The van der Waals surface area contributed by atoms with Crippen LogP contribution in [0.3, 0.4) is 0 Å². The third kappa shape index (κ3) is 10.2. The summed E-state index contributed by atoms with van der Waals surface area (Å²) in [6, 6.07) is 22.1. The molecule has 3 aromatic rings. The molecule has 0 saturated carbocycles. The third-order valence-corrected chi connectivity index (χ3v) is 7.29. The normalized spacial score (nSPS) is 12.8. The van der Waals surface area contributed by atoms with Crippen molar-refractivity contribution in [3.8, 4) is 0 Å². The molecule has 2 unspecified atom stereocenters. The molecule has 0 spiro atoms.